The number of ether oxygens (including phenoxy) is 1. The fourth-order valence-corrected chi connectivity index (χ4v) is 2.33. The summed E-state index contributed by atoms with van der Waals surface area (Å²) in [4.78, 5) is 15.3. The van der Waals surface area contributed by atoms with Gasteiger partial charge in [0.05, 0.1) is 12.2 Å². The monoisotopic (exact) mass is 253 g/mol. The van der Waals surface area contributed by atoms with E-state index >= 15 is 0 Å². The molecule has 0 amide bonds. The van der Waals surface area contributed by atoms with Gasteiger partial charge in [-0.25, -0.2) is 4.79 Å². The van der Waals surface area contributed by atoms with E-state index in [2.05, 4.69) is 0 Å². The van der Waals surface area contributed by atoms with Crippen molar-refractivity contribution in [2.24, 2.45) is 7.05 Å². The summed E-state index contributed by atoms with van der Waals surface area (Å²) < 4.78 is 7.44. The minimum atomic E-state index is -0.961. The summed E-state index contributed by atoms with van der Waals surface area (Å²) >= 11 is 0. The lowest BCUT2D eigenvalue weighted by molar-refractivity contribution is 0.0675. The number of nitrogens with zero attached hydrogens (tertiary/aromatic N) is 3. The number of carbonyl (C=O) groups is 1. The van der Waals surface area contributed by atoms with Crippen molar-refractivity contribution < 1.29 is 14.6 Å². The average molecular weight is 253 g/mol. The predicted octanol–water partition coefficient (Wildman–Crippen LogP) is 0.482. The lowest BCUT2D eigenvalue weighted by Gasteiger charge is -2.33. The Kier molecular flexibility index (Phi) is 3.21. The maximum Gasteiger partial charge on any atom is 0.356 e. The summed E-state index contributed by atoms with van der Waals surface area (Å²) in [5.74, 6) is -0.483. The van der Waals surface area contributed by atoms with Crippen LogP contribution in [0.4, 0.5) is 5.69 Å². The Morgan fingerprint density at radius 2 is 2.22 bits per heavy atom. The van der Waals surface area contributed by atoms with Crippen LogP contribution >= 0.6 is 0 Å². The second-order valence-corrected chi connectivity index (χ2v) is 4.99. The molecule has 0 aliphatic carbocycles. The molecule has 18 heavy (non-hydrogen) atoms. The molecule has 2 heterocycles. The SMILES string of the molecule is CN(C)CC1CN(C)c2cn(C)c(C(=O)O)c2O1. The Balaban J connectivity index is 2.35. The number of rotatable bonds is 3. The van der Waals surface area contributed by atoms with Crippen molar-refractivity contribution in [1.82, 2.24) is 9.47 Å². The number of fused-ring (bicyclic) bond motifs is 1. The van der Waals surface area contributed by atoms with E-state index in [0.717, 1.165) is 18.8 Å². The van der Waals surface area contributed by atoms with Crippen LogP contribution in [0.2, 0.25) is 0 Å². The van der Waals surface area contributed by atoms with Crippen LogP contribution < -0.4 is 9.64 Å². The molecule has 1 atom stereocenters. The molecule has 2 rings (SSSR count). The van der Waals surface area contributed by atoms with E-state index in [4.69, 9.17) is 4.74 Å². The minimum Gasteiger partial charge on any atom is -0.483 e. The molecule has 0 aromatic carbocycles. The van der Waals surface area contributed by atoms with Gasteiger partial charge in [-0.3, -0.25) is 0 Å². The number of aryl methyl sites for hydroxylation is 1. The van der Waals surface area contributed by atoms with Gasteiger partial charge >= 0.3 is 5.97 Å². The van der Waals surface area contributed by atoms with Gasteiger partial charge in [0.25, 0.3) is 0 Å². The molecule has 1 aromatic rings. The Bertz CT molecular complexity index is 467. The van der Waals surface area contributed by atoms with Crippen LogP contribution in [0.5, 0.6) is 5.75 Å². The third kappa shape index (κ3) is 2.15. The number of aromatic carboxylic acids is 1. The number of likely N-dealkylation sites (N-methyl/N-ethyl adjacent to an activating group) is 2. The zero-order valence-electron chi connectivity index (χ0n) is 11.2. The first-order valence-electron chi connectivity index (χ1n) is 5.85. The highest BCUT2D eigenvalue weighted by Gasteiger charge is 2.31. The molecule has 0 radical (unpaired) electrons. The lowest BCUT2D eigenvalue weighted by Crippen LogP contribution is -2.43. The fraction of sp³-hybridized carbons (Fsp3) is 0.583. The Morgan fingerprint density at radius 1 is 1.56 bits per heavy atom. The summed E-state index contributed by atoms with van der Waals surface area (Å²) in [6.07, 6.45) is 1.78. The van der Waals surface area contributed by atoms with Crippen molar-refractivity contribution >= 4 is 11.7 Å². The number of hydrogen-bond acceptors (Lipinski definition) is 4. The number of aromatic nitrogens is 1. The van der Waals surface area contributed by atoms with Crippen LogP contribution in [-0.2, 0) is 7.05 Å². The number of carboxylic acid groups (broad SMARTS) is 1. The largest absolute Gasteiger partial charge is 0.483 e. The highest BCUT2D eigenvalue weighted by atomic mass is 16.5. The summed E-state index contributed by atoms with van der Waals surface area (Å²) in [5, 5.41) is 9.24. The van der Waals surface area contributed by atoms with Crippen LogP contribution in [-0.4, -0.2) is 60.9 Å². The normalized spacial score (nSPS) is 18.7. The molecule has 1 aromatic heterocycles. The lowest BCUT2D eigenvalue weighted by atomic mass is 10.2. The van der Waals surface area contributed by atoms with E-state index in [0.29, 0.717) is 5.75 Å². The zero-order chi connectivity index (χ0) is 13.4. The van der Waals surface area contributed by atoms with Crippen molar-refractivity contribution in [2.45, 2.75) is 6.10 Å². The van der Waals surface area contributed by atoms with E-state index < -0.39 is 5.97 Å². The van der Waals surface area contributed by atoms with Gasteiger partial charge in [-0.15, -0.1) is 0 Å². The van der Waals surface area contributed by atoms with Crippen LogP contribution in [0.15, 0.2) is 6.20 Å². The molecule has 1 N–H and O–H groups in total. The third-order valence-corrected chi connectivity index (χ3v) is 3.06. The molecule has 0 bridgehead atoms. The van der Waals surface area contributed by atoms with Crippen LogP contribution in [0, 0.1) is 0 Å². The first-order chi connectivity index (χ1) is 8.40. The first-order valence-corrected chi connectivity index (χ1v) is 5.85. The van der Waals surface area contributed by atoms with E-state index in [-0.39, 0.29) is 11.8 Å². The molecule has 1 aliphatic rings. The van der Waals surface area contributed by atoms with Gasteiger partial charge in [0.15, 0.2) is 11.4 Å². The highest BCUT2D eigenvalue weighted by molar-refractivity contribution is 5.92. The third-order valence-electron chi connectivity index (χ3n) is 3.06. The molecular weight excluding hydrogens is 234 g/mol. The number of anilines is 1. The molecule has 6 heteroatoms. The molecule has 100 valence electrons. The Morgan fingerprint density at radius 3 is 2.78 bits per heavy atom. The van der Waals surface area contributed by atoms with Crippen LogP contribution in [0.3, 0.4) is 0 Å². The van der Waals surface area contributed by atoms with Gasteiger partial charge in [0.1, 0.15) is 6.10 Å². The Labute approximate surface area is 106 Å². The van der Waals surface area contributed by atoms with Gasteiger partial charge < -0.3 is 24.2 Å². The topological polar surface area (TPSA) is 57.9 Å². The molecule has 0 saturated carbocycles. The summed E-state index contributed by atoms with van der Waals surface area (Å²) in [6, 6.07) is 0. The smallest absolute Gasteiger partial charge is 0.356 e. The van der Waals surface area contributed by atoms with Gasteiger partial charge in [0, 0.05) is 26.8 Å². The highest BCUT2D eigenvalue weighted by Crippen LogP contribution is 2.37. The maximum absolute atomic E-state index is 11.3. The van der Waals surface area contributed by atoms with E-state index in [1.807, 2.05) is 30.9 Å². The predicted molar refractivity (Wildman–Crippen MR) is 68.6 cm³/mol. The Hall–Kier alpha value is -1.69. The molecule has 1 unspecified atom stereocenters. The number of hydrogen-bond donors (Lipinski definition) is 1. The summed E-state index contributed by atoms with van der Waals surface area (Å²) in [7, 11) is 7.62. The average Bonchev–Trinajstić information content (AvgIpc) is 2.53. The van der Waals surface area contributed by atoms with Crippen molar-refractivity contribution in [2.75, 3.05) is 39.1 Å². The van der Waals surface area contributed by atoms with Gasteiger partial charge in [-0.1, -0.05) is 0 Å². The van der Waals surface area contributed by atoms with Crippen molar-refractivity contribution in [3.63, 3.8) is 0 Å². The quantitative estimate of drug-likeness (QED) is 0.849. The first kappa shape index (κ1) is 12.8. The second-order valence-electron chi connectivity index (χ2n) is 4.99. The number of carboxylic acids is 1. The maximum atomic E-state index is 11.3. The molecule has 0 saturated heterocycles. The summed E-state index contributed by atoms with van der Waals surface area (Å²) in [5.41, 5.74) is 1.05. The summed E-state index contributed by atoms with van der Waals surface area (Å²) in [6.45, 7) is 1.52. The zero-order valence-corrected chi connectivity index (χ0v) is 11.2. The van der Waals surface area contributed by atoms with Gasteiger partial charge in [0.2, 0.25) is 0 Å². The van der Waals surface area contributed by atoms with Crippen molar-refractivity contribution in [3.8, 4) is 5.75 Å². The molecule has 0 fully saturated rings. The molecule has 1 aliphatic heterocycles. The fourth-order valence-electron chi connectivity index (χ4n) is 2.33. The van der Waals surface area contributed by atoms with E-state index in [1.54, 1.807) is 17.8 Å². The van der Waals surface area contributed by atoms with Crippen LogP contribution in [0.25, 0.3) is 0 Å². The van der Waals surface area contributed by atoms with Gasteiger partial charge in [-0.2, -0.15) is 0 Å². The van der Waals surface area contributed by atoms with Crippen LogP contribution in [0.1, 0.15) is 10.5 Å². The van der Waals surface area contributed by atoms with E-state index in [9.17, 15) is 9.90 Å². The second kappa shape index (κ2) is 4.53. The van der Waals surface area contributed by atoms with Crippen molar-refractivity contribution in [3.05, 3.63) is 11.9 Å². The van der Waals surface area contributed by atoms with E-state index in [1.165, 1.54) is 0 Å². The molecule has 0 spiro atoms. The van der Waals surface area contributed by atoms with Crippen molar-refractivity contribution in [1.29, 1.82) is 0 Å². The minimum absolute atomic E-state index is 0.0157. The molecule has 6 nitrogen and oxygen atoms in total. The standard InChI is InChI=1S/C12H19N3O3/c1-13(2)5-8-6-14(3)9-7-15(4)10(12(16)17)11(9)18-8/h7-8H,5-6H2,1-4H3,(H,16,17). The molecular formula is C12H19N3O3. The van der Waals surface area contributed by atoms with Gasteiger partial charge in [-0.05, 0) is 14.1 Å².